The van der Waals surface area contributed by atoms with Gasteiger partial charge in [0, 0.05) is 5.69 Å². The molecule has 1 N–H and O–H groups in total. The molecule has 3 rings (SSSR count). The van der Waals surface area contributed by atoms with Crippen LogP contribution in [0.2, 0.25) is 0 Å². The number of thiophene rings is 1. The Bertz CT molecular complexity index is 787. The number of amides is 1. The van der Waals surface area contributed by atoms with Crippen molar-refractivity contribution in [2.24, 2.45) is 0 Å². The number of nitrogens with one attached hydrogen (secondary N) is 1. The molecule has 0 spiro atoms. The second-order valence-electron chi connectivity index (χ2n) is 4.42. The van der Waals surface area contributed by atoms with Crippen molar-refractivity contribution in [3.05, 3.63) is 42.0 Å². The number of hydrogen-bond donors (Lipinski definition) is 1. The molecular weight excluding hydrogens is 318 g/mol. The lowest BCUT2D eigenvalue weighted by Gasteiger charge is -2.07. The lowest BCUT2D eigenvalue weighted by Crippen LogP contribution is -2.13. The summed E-state index contributed by atoms with van der Waals surface area (Å²) in [6.45, 7) is 0. The van der Waals surface area contributed by atoms with E-state index in [4.69, 9.17) is 4.74 Å². The zero-order valence-corrected chi connectivity index (χ0v) is 13.4. The number of ether oxygens (including phenoxy) is 1. The predicted molar refractivity (Wildman–Crippen MR) is 90.9 cm³/mol. The molecule has 0 saturated carbocycles. The van der Waals surface area contributed by atoms with Gasteiger partial charge < -0.3 is 10.1 Å². The average molecular weight is 331 g/mol. The number of benzene rings is 1. The third-order valence-electron chi connectivity index (χ3n) is 2.84. The Hall–Kier alpha value is -2.12. The van der Waals surface area contributed by atoms with E-state index in [0.29, 0.717) is 17.4 Å². The van der Waals surface area contributed by atoms with Gasteiger partial charge in [-0.3, -0.25) is 4.79 Å². The zero-order valence-electron chi connectivity index (χ0n) is 11.8. The summed E-state index contributed by atoms with van der Waals surface area (Å²) >= 11 is 3.03. The summed E-state index contributed by atoms with van der Waals surface area (Å²) in [5.41, 5.74) is 1.62. The molecule has 1 aromatic carbocycles. The van der Waals surface area contributed by atoms with Crippen LogP contribution in [0, 0.1) is 0 Å². The van der Waals surface area contributed by atoms with Gasteiger partial charge in [-0.05, 0) is 42.0 Å². The number of carbonyl (C=O) groups is 1. The Morgan fingerprint density at radius 3 is 2.86 bits per heavy atom. The molecule has 0 unspecified atom stereocenters. The van der Waals surface area contributed by atoms with Crippen LogP contribution in [0.15, 0.2) is 42.0 Å². The standard InChI is InChI=1S/C15H13N3O2S2/c1-21-8-13(19)18-10-2-4-11(5-3-10)20-15-14-12(6-7-22-14)16-9-17-15/h2-7,9H,8H2,1H3,(H,18,19). The number of nitrogens with zero attached hydrogens (tertiary/aromatic N) is 2. The second-order valence-corrected chi connectivity index (χ2v) is 6.20. The van der Waals surface area contributed by atoms with Gasteiger partial charge in [0.25, 0.3) is 0 Å². The molecule has 0 bridgehead atoms. The Morgan fingerprint density at radius 2 is 2.09 bits per heavy atom. The quantitative estimate of drug-likeness (QED) is 0.771. The summed E-state index contributed by atoms with van der Waals surface area (Å²) in [5.74, 6) is 1.63. The molecule has 2 heterocycles. The number of aromatic nitrogens is 2. The van der Waals surface area contributed by atoms with Gasteiger partial charge in [-0.25, -0.2) is 9.97 Å². The average Bonchev–Trinajstić information content (AvgIpc) is 2.99. The maximum absolute atomic E-state index is 11.5. The van der Waals surface area contributed by atoms with Gasteiger partial charge in [-0.15, -0.1) is 11.3 Å². The Kier molecular flexibility index (Phi) is 4.55. The lowest BCUT2D eigenvalue weighted by atomic mass is 10.3. The minimum Gasteiger partial charge on any atom is -0.437 e. The molecule has 0 atom stereocenters. The first kappa shape index (κ1) is 14.8. The molecule has 0 radical (unpaired) electrons. The largest absolute Gasteiger partial charge is 0.437 e. The highest BCUT2D eigenvalue weighted by molar-refractivity contribution is 7.99. The van der Waals surface area contributed by atoms with Gasteiger partial charge in [0.15, 0.2) is 0 Å². The molecule has 112 valence electrons. The highest BCUT2D eigenvalue weighted by Crippen LogP contribution is 2.30. The van der Waals surface area contributed by atoms with Crippen molar-refractivity contribution in [2.75, 3.05) is 17.3 Å². The van der Waals surface area contributed by atoms with E-state index >= 15 is 0 Å². The van der Waals surface area contributed by atoms with E-state index in [9.17, 15) is 4.79 Å². The molecule has 5 nitrogen and oxygen atoms in total. The Morgan fingerprint density at radius 1 is 1.27 bits per heavy atom. The summed E-state index contributed by atoms with van der Waals surface area (Å²) in [4.78, 5) is 19.9. The van der Waals surface area contributed by atoms with E-state index in [1.54, 1.807) is 35.6 Å². The fourth-order valence-electron chi connectivity index (χ4n) is 1.89. The van der Waals surface area contributed by atoms with Crippen LogP contribution < -0.4 is 10.1 Å². The highest BCUT2D eigenvalue weighted by Gasteiger charge is 2.07. The summed E-state index contributed by atoms with van der Waals surface area (Å²) in [5, 5.41) is 4.78. The number of hydrogen-bond acceptors (Lipinski definition) is 6. The molecule has 22 heavy (non-hydrogen) atoms. The molecule has 0 aliphatic rings. The summed E-state index contributed by atoms with van der Waals surface area (Å²) in [6.07, 6.45) is 3.38. The van der Waals surface area contributed by atoms with Gasteiger partial charge in [-0.2, -0.15) is 11.8 Å². The maximum atomic E-state index is 11.5. The monoisotopic (exact) mass is 331 g/mol. The number of rotatable bonds is 5. The summed E-state index contributed by atoms with van der Waals surface area (Å²) in [7, 11) is 0. The van der Waals surface area contributed by atoms with Crippen molar-refractivity contribution in [2.45, 2.75) is 0 Å². The van der Waals surface area contributed by atoms with E-state index < -0.39 is 0 Å². The topological polar surface area (TPSA) is 64.1 Å². The molecule has 2 aromatic heterocycles. The third kappa shape index (κ3) is 3.37. The van der Waals surface area contributed by atoms with Gasteiger partial charge in [0.05, 0.1) is 11.3 Å². The third-order valence-corrected chi connectivity index (χ3v) is 4.28. The van der Waals surface area contributed by atoms with Crippen LogP contribution >= 0.6 is 23.1 Å². The smallest absolute Gasteiger partial charge is 0.240 e. The number of carbonyl (C=O) groups excluding carboxylic acids is 1. The fourth-order valence-corrected chi connectivity index (χ4v) is 2.99. The minimum absolute atomic E-state index is 0.0164. The summed E-state index contributed by atoms with van der Waals surface area (Å²) < 4.78 is 6.72. The van der Waals surface area contributed by atoms with Crippen molar-refractivity contribution < 1.29 is 9.53 Å². The fraction of sp³-hybridized carbons (Fsp3) is 0.133. The van der Waals surface area contributed by atoms with Gasteiger partial charge in [-0.1, -0.05) is 0 Å². The van der Waals surface area contributed by atoms with Crippen LogP contribution in [0.4, 0.5) is 5.69 Å². The second kappa shape index (κ2) is 6.76. The molecular formula is C15H13N3O2S2. The normalized spacial score (nSPS) is 10.6. The van der Waals surface area contributed by atoms with E-state index in [2.05, 4.69) is 15.3 Å². The Balaban J connectivity index is 1.73. The minimum atomic E-state index is -0.0164. The number of thioether (sulfide) groups is 1. The van der Waals surface area contributed by atoms with Crippen LogP contribution in [0.25, 0.3) is 10.2 Å². The van der Waals surface area contributed by atoms with Crippen LogP contribution in [-0.2, 0) is 4.79 Å². The summed E-state index contributed by atoms with van der Waals surface area (Å²) in [6, 6.07) is 9.14. The maximum Gasteiger partial charge on any atom is 0.240 e. The van der Waals surface area contributed by atoms with Crippen LogP contribution in [0.3, 0.4) is 0 Å². The van der Waals surface area contributed by atoms with E-state index in [-0.39, 0.29) is 5.91 Å². The highest BCUT2D eigenvalue weighted by atomic mass is 32.2. The SMILES string of the molecule is CSCC(=O)Nc1ccc(Oc2ncnc3ccsc23)cc1. The van der Waals surface area contributed by atoms with E-state index in [1.807, 2.05) is 17.7 Å². The van der Waals surface area contributed by atoms with Crippen molar-refractivity contribution >= 4 is 44.9 Å². The van der Waals surface area contributed by atoms with Crippen molar-refractivity contribution in [1.29, 1.82) is 0 Å². The van der Waals surface area contributed by atoms with Crippen molar-refractivity contribution in [1.82, 2.24) is 9.97 Å². The van der Waals surface area contributed by atoms with E-state index in [1.165, 1.54) is 18.1 Å². The predicted octanol–water partition coefficient (Wildman–Crippen LogP) is 3.79. The zero-order chi connectivity index (χ0) is 15.4. The molecule has 0 saturated heterocycles. The molecule has 0 aliphatic heterocycles. The van der Waals surface area contributed by atoms with Crippen LogP contribution in [0.1, 0.15) is 0 Å². The van der Waals surface area contributed by atoms with E-state index in [0.717, 1.165) is 15.9 Å². The number of fused-ring (bicyclic) bond motifs is 1. The first-order valence-electron chi connectivity index (χ1n) is 6.51. The molecule has 0 aliphatic carbocycles. The van der Waals surface area contributed by atoms with Crippen LogP contribution in [-0.4, -0.2) is 27.9 Å². The molecule has 7 heteroatoms. The van der Waals surface area contributed by atoms with Gasteiger partial charge in [0.2, 0.25) is 11.8 Å². The van der Waals surface area contributed by atoms with Crippen LogP contribution in [0.5, 0.6) is 11.6 Å². The first-order valence-corrected chi connectivity index (χ1v) is 8.78. The first-order chi connectivity index (χ1) is 10.8. The van der Waals surface area contributed by atoms with Crippen molar-refractivity contribution in [3.63, 3.8) is 0 Å². The number of anilines is 1. The molecule has 1 amide bonds. The molecule has 3 aromatic rings. The lowest BCUT2D eigenvalue weighted by molar-refractivity contribution is -0.113. The molecule has 0 fully saturated rings. The van der Waals surface area contributed by atoms with Crippen molar-refractivity contribution in [3.8, 4) is 11.6 Å². The Labute approximate surface area is 135 Å². The van der Waals surface area contributed by atoms with Gasteiger partial charge >= 0.3 is 0 Å². The van der Waals surface area contributed by atoms with Gasteiger partial charge in [0.1, 0.15) is 16.8 Å².